The summed E-state index contributed by atoms with van der Waals surface area (Å²) in [5.74, 6) is -2.09. The first-order valence-corrected chi connectivity index (χ1v) is 20.4. The van der Waals surface area contributed by atoms with Crippen LogP contribution < -0.4 is 0 Å². The lowest BCUT2D eigenvalue weighted by molar-refractivity contribution is -0.302. The standard InChI is InChI=1S/C42H62N4O11/c1-12-31-42(9)36(48)25(5)34(57-42)23(3)18-41(8)37(56-40-33(47)30(46(10)11)17-24(4)53-40)26(6)35(27(7)39(49)54-31)50-19-29(20-51-41)45-52-21-32-43-44-38(55-32)28-15-13-22(2)14-16-28/h13-16,23-27,30-31,33-35,37,40,47H,12,17-21H2,1-11H3/b45-29+/t23-,24-,25?,26-,27-,30+,31-,33-,34?,35+,37-,40+,41-,42?/m1/s1. The predicted octanol–water partition coefficient (Wildman–Crippen LogP) is 4.90. The fourth-order valence-electron chi connectivity index (χ4n) is 9.25. The van der Waals surface area contributed by atoms with E-state index >= 15 is 0 Å². The van der Waals surface area contributed by atoms with E-state index < -0.39 is 71.7 Å². The fraction of sp³-hybridized carbons (Fsp3) is 0.738. The first-order chi connectivity index (χ1) is 26.9. The van der Waals surface area contributed by atoms with Crippen LogP contribution in [0.25, 0.3) is 11.5 Å². The zero-order chi connectivity index (χ0) is 41.4. The molecule has 0 saturated carbocycles. The number of carbonyl (C=O) groups is 2. The van der Waals surface area contributed by atoms with Gasteiger partial charge in [0.25, 0.3) is 5.89 Å². The molecule has 4 aliphatic rings. The van der Waals surface area contributed by atoms with Crippen molar-refractivity contribution in [1.82, 2.24) is 15.1 Å². The second kappa shape index (κ2) is 17.5. The molecule has 57 heavy (non-hydrogen) atoms. The lowest BCUT2D eigenvalue weighted by Gasteiger charge is -2.48. The molecule has 0 aliphatic carbocycles. The number of oxime groups is 1. The average Bonchev–Trinajstić information content (AvgIpc) is 3.74. The molecular formula is C42H62N4O11. The van der Waals surface area contributed by atoms with Gasteiger partial charge in [-0.05, 0) is 86.0 Å². The first-order valence-electron chi connectivity index (χ1n) is 20.4. The molecule has 1 N–H and O–H groups in total. The number of cyclic esters (lactones) is 1. The van der Waals surface area contributed by atoms with Crippen LogP contribution in [-0.2, 0) is 49.5 Å². The molecule has 6 rings (SSSR count). The van der Waals surface area contributed by atoms with Crippen LogP contribution in [0.2, 0.25) is 0 Å². The number of Topliss-reactive ketones (excluding diaryl/α,β-unsaturated/α-hetero) is 1. The number of hydrogen-bond donors (Lipinski definition) is 1. The van der Waals surface area contributed by atoms with Gasteiger partial charge in [-0.15, -0.1) is 10.2 Å². The lowest BCUT2D eigenvalue weighted by atomic mass is 9.75. The number of likely N-dealkylation sites (N-methyl/N-ethyl adjacent to an activating group) is 1. The number of aliphatic hydroxyl groups is 1. The Bertz CT molecular complexity index is 1740. The van der Waals surface area contributed by atoms with Gasteiger partial charge in [0, 0.05) is 23.4 Å². The molecule has 1 aromatic carbocycles. The summed E-state index contributed by atoms with van der Waals surface area (Å²) in [4.78, 5) is 35.9. The Hall–Kier alpha value is -3.31. The molecule has 5 heterocycles. The van der Waals surface area contributed by atoms with Crippen molar-refractivity contribution in [3.8, 4) is 11.5 Å². The molecular weight excluding hydrogens is 736 g/mol. The molecule has 0 radical (unpaired) electrons. The summed E-state index contributed by atoms with van der Waals surface area (Å²) in [6.45, 7) is 17.0. The molecule has 0 amide bonds. The Kier molecular flexibility index (Phi) is 13.3. The average molecular weight is 799 g/mol. The summed E-state index contributed by atoms with van der Waals surface area (Å²) >= 11 is 0. The number of aromatic nitrogens is 2. The van der Waals surface area contributed by atoms with E-state index in [-0.39, 0.29) is 49.6 Å². The van der Waals surface area contributed by atoms with E-state index in [0.29, 0.717) is 30.9 Å². The van der Waals surface area contributed by atoms with Crippen molar-refractivity contribution in [2.45, 2.75) is 148 Å². The minimum atomic E-state index is -1.32. The van der Waals surface area contributed by atoms with Gasteiger partial charge in [-0.3, -0.25) is 9.59 Å². The summed E-state index contributed by atoms with van der Waals surface area (Å²) in [7, 11) is 3.84. The number of nitrogens with zero attached hydrogens (tertiary/aromatic N) is 4. The summed E-state index contributed by atoms with van der Waals surface area (Å²) in [6.07, 6.45) is -3.73. The van der Waals surface area contributed by atoms with Crippen LogP contribution in [0.5, 0.6) is 0 Å². The minimum absolute atomic E-state index is 0.0275. The zero-order valence-electron chi connectivity index (χ0n) is 35.3. The number of rotatable bonds is 8. The second-order valence-corrected chi connectivity index (χ2v) is 17.3. The molecule has 14 atom stereocenters. The van der Waals surface area contributed by atoms with Gasteiger partial charge in [0.1, 0.15) is 17.9 Å². The van der Waals surface area contributed by atoms with Crippen molar-refractivity contribution >= 4 is 17.5 Å². The number of esters is 1. The van der Waals surface area contributed by atoms with Gasteiger partial charge in [-0.1, -0.05) is 50.5 Å². The molecule has 3 unspecified atom stereocenters. The van der Waals surface area contributed by atoms with Crippen molar-refractivity contribution in [3.05, 3.63) is 35.7 Å². The van der Waals surface area contributed by atoms with E-state index in [0.717, 1.165) is 11.1 Å². The molecule has 4 fully saturated rings. The Morgan fingerprint density at radius 3 is 2.40 bits per heavy atom. The van der Waals surface area contributed by atoms with Crippen molar-refractivity contribution in [2.24, 2.45) is 28.8 Å². The van der Waals surface area contributed by atoms with Crippen molar-refractivity contribution in [1.29, 1.82) is 0 Å². The number of carbonyl (C=O) groups excluding carboxylic acids is 2. The molecule has 316 valence electrons. The topological polar surface area (TPSA) is 174 Å². The zero-order valence-corrected chi connectivity index (χ0v) is 35.3. The molecule has 4 aliphatic heterocycles. The SMILES string of the molecule is CC[C@H]1OC(=O)[C@H](C)[C@H]2OC/C(=N\OCc3nnc(-c4ccc(C)cc4)o3)CO[C@](C)(C[C@@H](C)C3OC1(C)C(=O)C3C)[C@H](O[C@@H]1O[C@H](C)C[C@H](N(C)C)[C@H]1O)[C@@H]2C. The number of ether oxygens (including phenoxy) is 6. The lowest BCUT2D eigenvalue weighted by Crippen LogP contribution is -2.59. The number of ketones is 1. The molecule has 4 saturated heterocycles. The van der Waals surface area contributed by atoms with E-state index in [4.69, 9.17) is 37.7 Å². The third-order valence-electron chi connectivity index (χ3n) is 12.5. The maximum absolute atomic E-state index is 14.2. The molecule has 15 heteroatoms. The van der Waals surface area contributed by atoms with E-state index in [9.17, 15) is 14.7 Å². The van der Waals surface area contributed by atoms with Gasteiger partial charge in [-0.2, -0.15) is 0 Å². The van der Waals surface area contributed by atoms with Gasteiger partial charge < -0.3 is 47.7 Å². The third kappa shape index (κ3) is 8.99. The Morgan fingerprint density at radius 1 is 1.00 bits per heavy atom. The highest BCUT2D eigenvalue weighted by Crippen LogP contribution is 2.45. The number of benzene rings is 1. The van der Waals surface area contributed by atoms with Crippen molar-refractivity contribution in [3.63, 3.8) is 0 Å². The largest absolute Gasteiger partial charge is 0.459 e. The summed E-state index contributed by atoms with van der Waals surface area (Å²) in [5, 5.41) is 24.4. The smallest absolute Gasteiger partial charge is 0.311 e. The Labute approximate surface area is 336 Å². The van der Waals surface area contributed by atoms with Crippen LogP contribution in [-0.4, -0.2) is 125 Å². The highest BCUT2D eigenvalue weighted by Gasteiger charge is 2.58. The first kappa shape index (κ1) is 43.3. The van der Waals surface area contributed by atoms with Crippen molar-refractivity contribution < 1.29 is 52.4 Å². The summed E-state index contributed by atoms with van der Waals surface area (Å²) in [6, 6.07) is 7.53. The van der Waals surface area contributed by atoms with Gasteiger partial charge in [0.05, 0.1) is 49.1 Å². The van der Waals surface area contributed by atoms with E-state index in [1.807, 2.05) is 91.7 Å². The van der Waals surface area contributed by atoms with E-state index in [1.54, 1.807) is 13.8 Å². The minimum Gasteiger partial charge on any atom is -0.459 e. The summed E-state index contributed by atoms with van der Waals surface area (Å²) < 4.78 is 45.5. The molecule has 4 bridgehead atoms. The van der Waals surface area contributed by atoms with Crippen LogP contribution in [0.4, 0.5) is 0 Å². The predicted molar refractivity (Wildman–Crippen MR) is 208 cm³/mol. The normalized spacial score (nSPS) is 40.1. The highest BCUT2D eigenvalue weighted by atomic mass is 16.7. The molecule has 1 aromatic heterocycles. The van der Waals surface area contributed by atoms with E-state index in [2.05, 4.69) is 15.4 Å². The fourth-order valence-corrected chi connectivity index (χ4v) is 9.25. The van der Waals surface area contributed by atoms with Gasteiger partial charge in [0.15, 0.2) is 24.3 Å². The van der Waals surface area contributed by atoms with Crippen LogP contribution in [0, 0.1) is 30.6 Å². The maximum Gasteiger partial charge on any atom is 0.311 e. The monoisotopic (exact) mass is 798 g/mol. The van der Waals surface area contributed by atoms with Gasteiger partial charge in [0.2, 0.25) is 5.89 Å². The third-order valence-corrected chi connectivity index (χ3v) is 12.5. The van der Waals surface area contributed by atoms with Crippen LogP contribution in [0.15, 0.2) is 33.8 Å². The Morgan fingerprint density at radius 2 is 1.72 bits per heavy atom. The number of aryl methyl sites for hydroxylation is 1. The van der Waals surface area contributed by atoms with Crippen molar-refractivity contribution in [2.75, 3.05) is 27.3 Å². The highest BCUT2D eigenvalue weighted by molar-refractivity contribution is 5.92. The van der Waals surface area contributed by atoms with Crippen LogP contribution in [0.1, 0.15) is 86.1 Å². The number of fused-ring (bicyclic) bond motifs is 5. The maximum atomic E-state index is 14.2. The van der Waals surface area contributed by atoms with Crippen LogP contribution in [0.3, 0.4) is 0 Å². The van der Waals surface area contributed by atoms with Gasteiger partial charge in [-0.25, -0.2) is 0 Å². The molecule has 0 spiro atoms. The van der Waals surface area contributed by atoms with Gasteiger partial charge >= 0.3 is 5.97 Å². The number of hydrogen-bond acceptors (Lipinski definition) is 15. The second-order valence-electron chi connectivity index (χ2n) is 17.3. The summed E-state index contributed by atoms with van der Waals surface area (Å²) in [5.41, 5.74) is -0.130. The Balaban J connectivity index is 1.36. The molecule has 2 aromatic rings. The number of aliphatic hydroxyl groups excluding tert-OH is 1. The van der Waals surface area contributed by atoms with Crippen LogP contribution >= 0.6 is 0 Å². The quantitative estimate of drug-likeness (QED) is 0.282. The van der Waals surface area contributed by atoms with E-state index in [1.165, 1.54) is 0 Å². The molecule has 15 nitrogen and oxygen atoms in total.